The molecule has 0 aliphatic carbocycles. The van der Waals surface area contributed by atoms with Crippen molar-refractivity contribution in [3.05, 3.63) is 29.3 Å². The van der Waals surface area contributed by atoms with Crippen molar-refractivity contribution in [3.8, 4) is 5.75 Å². The van der Waals surface area contributed by atoms with Crippen molar-refractivity contribution < 1.29 is 9.53 Å². The minimum absolute atomic E-state index is 0.224. The molecule has 4 nitrogen and oxygen atoms in total. The van der Waals surface area contributed by atoms with E-state index in [9.17, 15) is 4.79 Å². The molecule has 128 valence electrons. The summed E-state index contributed by atoms with van der Waals surface area (Å²) in [7, 11) is 2.15. The smallest absolute Gasteiger partial charge is 0.164 e. The van der Waals surface area contributed by atoms with Crippen LogP contribution < -0.4 is 4.74 Å². The largest absolute Gasteiger partial charge is 0.493 e. The van der Waals surface area contributed by atoms with Crippen molar-refractivity contribution in [3.63, 3.8) is 0 Å². The highest BCUT2D eigenvalue weighted by Gasteiger charge is 2.15. The lowest BCUT2D eigenvalue weighted by Gasteiger charge is -2.32. The summed E-state index contributed by atoms with van der Waals surface area (Å²) in [6.45, 7) is 12.1. The molecule has 1 fully saturated rings. The van der Waals surface area contributed by atoms with Crippen LogP contribution in [-0.2, 0) is 0 Å². The Kier molecular flexibility index (Phi) is 6.60. The van der Waals surface area contributed by atoms with Crippen LogP contribution in [0.25, 0.3) is 0 Å². The van der Waals surface area contributed by atoms with E-state index in [2.05, 4.69) is 30.7 Å². The Balaban J connectivity index is 1.85. The molecule has 2 rings (SSSR count). The van der Waals surface area contributed by atoms with E-state index < -0.39 is 0 Å². The summed E-state index contributed by atoms with van der Waals surface area (Å²) in [6.07, 6.45) is 0.593. The first kappa shape index (κ1) is 18.0. The summed E-state index contributed by atoms with van der Waals surface area (Å²) in [4.78, 5) is 17.1. The lowest BCUT2D eigenvalue weighted by Crippen LogP contribution is -2.45. The van der Waals surface area contributed by atoms with Gasteiger partial charge in [-0.25, -0.2) is 0 Å². The quantitative estimate of drug-likeness (QED) is 0.724. The van der Waals surface area contributed by atoms with Crippen LogP contribution in [0.4, 0.5) is 0 Å². The highest BCUT2D eigenvalue weighted by atomic mass is 16.5. The van der Waals surface area contributed by atoms with Crippen molar-refractivity contribution >= 4 is 5.78 Å². The van der Waals surface area contributed by atoms with E-state index in [1.165, 1.54) is 0 Å². The number of piperazine rings is 1. The van der Waals surface area contributed by atoms with Gasteiger partial charge in [0.1, 0.15) is 5.75 Å². The van der Waals surface area contributed by atoms with Gasteiger partial charge in [0.25, 0.3) is 0 Å². The Bertz CT molecular complexity index is 520. The molecule has 23 heavy (non-hydrogen) atoms. The zero-order valence-electron chi connectivity index (χ0n) is 15.0. The second-order valence-electron chi connectivity index (χ2n) is 7.00. The van der Waals surface area contributed by atoms with Crippen molar-refractivity contribution in [1.29, 1.82) is 0 Å². The van der Waals surface area contributed by atoms with Crippen LogP contribution in [0.2, 0.25) is 0 Å². The van der Waals surface area contributed by atoms with E-state index in [1.807, 2.05) is 25.1 Å². The number of benzene rings is 1. The Hall–Kier alpha value is -1.39. The lowest BCUT2D eigenvalue weighted by atomic mass is 10.0. The van der Waals surface area contributed by atoms with E-state index in [-0.39, 0.29) is 5.78 Å². The van der Waals surface area contributed by atoms with Crippen LogP contribution in [0, 0.1) is 12.8 Å². The average Bonchev–Trinajstić information content (AvgIpc) is 2.52. The molecule has 0 bridgehead atoms. The number of carbonyl (C=O) groups excluding carboxylic acids is 1. The van der Waals surface area contributed by atoms with Crippen molar-refractivity contribution in [2.75, 3.05) is 46.4 Å². The van der Waals surface area contributed by atoms with Crippen LogP contribution in [0.1, 0.15) is 36.2 Å². The van der Waals surface area contributed by atoms with Gasteiger partial charge in [-0.1, -0.05) is 13.8 Å². The molecule has 1 aromatic rings. The van der Waals surface area contributed by atoms with Gasteiger partial charge < -0.3 is 14.5 Å². The first-order valence-electron chi connectivity index (χ1n) is 8.63. The van der Waals surface area contributed by atoms with Crippen molar-refractivity contribution in [2.24, 2.45) is 5.92 Å². The second-order valence-corrected chi connectivity index (χ2v) is 7.00. The van der Waals surface area contributed by atoms with E-state index in [4.69, 9.17) is 4.74 Å². The SMILES string of the molecule is Cc1cc(C(=O)CCN2CCN(C)CC2)ccc1OCC(C)C. The van der Waals surface area contributed by atoms with Crippen LogP contribution in [-0.4, -0.2) is 62.0 Å². The number of likely N-dealkylation sites (N-methyl/N-ethyl adjacent to an activating group) is 1. The van der Waals surface area contributed by atoms with Crippen LogP contribution in [0.3, 0.4) is 0 Å². The molecule has 0 unspecified atom stereocenters. The number of ketones is 1. The number of hydrogen-bond donors (Lipinski definition) is 0. The van der Waals surface area contributed by atoms with E-state index in [1.54, 1.807) is 0 Å². The molecular formula is C19H30N2O2. The van der Waals surface area contributed by atoms with Crippen molar-refractivity contribution in [2.45, 2.75) is 27.2 Å². The fourth-order valence-electron chi connectivity index (χ4n) is 2.72. The zero-order valence-corrected chi connectivity index (χ0v) is 15.0. The number of Topliss-reactive ketones (excluding diaryl/α,β-unsaturated/α-hetero) is 1. The monoisotopic (exact) mass is 318 g/mol. The maximum atomic E-state index is 12.4. The first-order chi connectivity index (χ1) is 11.0. The summed E-state index contributed by atoms with van der Waals surface area (Å²) in [5.41, 5.74) is 1.84. The van der Waals surface area contributed by atoms with E-state index in [0.717, 1.165) is 49.6 Å². The highest BCUT2D eigenvalue weighted by molar-refractivity contribution is 5.96. The molecule has 0 N–H and O–H groups in total. The molecule has 0 aromatic heterocycles. The van der Waals surface area contributed by atoms with Crippen LogP contribution >= 0.6 is 0 Å². The van der Waals surface area contributed by atoms with Crippen molar-refractivity contribution in [1.82, 2.24) is 9.80 Å². The summed E-state index contributed by atoms with van der Waals surface area (Å²) in [5, 5.41) is 0. The Morgan fingerprint density at radius 2 is 1.91 bits per heavy atom. The average molecular weight is 318 g/mol. The summed E-state index contributed by atoms with van der Waals surface area (Å²) >= 11 is 0. The van der Waals surface area contributed by atoms with E-state index >= 15 is 0 Å². The minimum Gasteiger partial charge on any atom is -0.493 e. The highest BCUT2D eigenvalue weighted by Crippen LogP contribution is 2.20. The normalized spacial score (nSPS) is 16.7. The number of rotatable bonds is 7. The van der Waals surface area contributed by atoms with Gasteiger partial charge in [-0.15, -0.1) is 0 Å². The topological polar surface area (TPSA) is 32.8 Å². The third-order valence-electron chi connectivity index (χ3n) is 4.32. The molecule has 1 saturated heterocycles. The van der Waals surface area contributed by atoms with Gasteiger partial charge in [0.05, 0.1) is 6.61 Å². The third kappa shape index (κ3) is 5.63. The summed E-state index contributed by atoms with van der Waals surface area (Å²) in [6, 6.07) is 5.79. The van der Waals surface area contributed by atoms with Gasteiger partial charge in [-0.2, -0.15) is 0 Å². The van der Waals surface area contributed by atoms with Gasteiger partial charge in [0.15, 0.2) is 5.78 Å². The minimum atomic E-state index is 0.224. The number of nitrogens with zero attached hydrogens (tertiary/aromatic N) is 2. The maximum absolute atomic E-state index is 12.4. The molecule has 0 spiro atoms. The second kappa shape index (κ2) is 8.46. The molecule has 1 heterocycles. The molecule has 1 aromatic carbocycles. The fourth-order valence-corrected chi connectivity index (χ4v) is 2.72. The number of carbonyl (C=O) groups is 1. The summed E-state index contributed by atoms with van der Waals surface area (Å²) in [5.74, 6) is 1.61. The molecule has 0 saturated carbocycles. The maximum Gasteiger partial charge on any atom is 0.164 e. The molecule has 1 aliphatic heterocycles. The number of ether oxygens (including phenoxy) is 1. The fraction of sp³-hybridized carbons (Fsp3) is 0.632. The van der Waals surface area contributed by atoms with Gasteiger partial charge in [0.2, 0.25) is 0 Å². The number of aryl methyl sites for hydroxylation is 1. The third-order valence-corrected chi connectivity index (χ3v) is 4.32. The molecule has 0 amide bonds. The molecule has 0 radical (unpaired) electrons. The molecule has 1 aliphatic rings. The summed E-state index contributed by atoms with van der Waals surface area (Å²) < 4.78 is 5.77. The first-order valence-corrected chi connectivity index (χ1v) is 8.63. The van der Waals surface area contributed by atoms with Gasteiger partial charge >= 0.3 is 0 Å². The molecule has 0 atom stereocenters. The Morgan fingerprint density at radius 3 is 2.52 bits per heavy atom. The molecular weight excluding hydrogens is 288 g/mol. The van der Waals surface area contributed by atoms with Crippen LogP contribution in [0.15, 0.2) is 18.2 Å². The van der Waals surface area contributed by atoms with Gasteiger partial charge in [-0.05, 0) is 43.7 Å². The Labute approximate surface area is 140 Å². The standard InChI is InChI=1S/C19H30N2O2/c1-15(2)14-23-19-6-5-17(13-16(19)3)18(22)7-8-21-11-9-20(4)10-12-21/h5-6,13,15H,7-12,14H2,1-4H3. The van der Waals surface area contributed by atoms with Crippen LogP contribution in [0.5, 0.6) is 5.75 Å². The van der Waals surface area contributed by atoms with E-state index in [0.29, 0.717) is 18.9 Å². The number of hydrogen-bond acceptors (Lipinski definition) is 4. The predicted molar refractivity (Wildman–Crippen MR) is 94.4 cm³/mol. The lowest BCUT2D eigenvalue weighted by molar-refractivity contribution is 0.0941. The zero-order chi connectivity index (χ0) is 16.8. The predicted octanol–water partition coefficient (Wildman–Crippen LogP) is 2.85. The Morgan fingerprint density at radius 1 is 1.22 bits per heavy atom. The van der Waals surface area contributed by atoms with Gasteiger partial charge in [-0.3, -0.25) is 4.79 Å². The van der Waals surface area contributed by atoms with Gasteiger partial charge in [0, 0.05) is 44.7 Å². The molecule has 4 heteroatoms.